The van der Waals surface area contributed by atoms with E-state index in [9.17, 15) is 0 Å². The first kappa shape index (κ1) is 42.0. The summed E-state index contributed by atoms with van der Waals surface area (Å²) in [4.78, 5) is 2.49. The standard InChI is InChI=1S/C70H51NO3/c1-38-23-25-39(26-24-38)47-35-55-62(66-46-17-10-13-21-59(46)74-67(47)66)43-30-28-41(34-52(43)70(55,6)7)71(56-18-14-22-60-64(56)44-15-8-11-19-57(44)72-60)40-27-29-42-48-36-54-49(37-53(48)69(4,5)51(42)33-40)63-50(68(54,2)3)31-32-61-65(63)45-16-9-12-20-58(45)73-61/h8-37H,1-7H3. The van der Waals surface area contributed by atoms with Crippen LogP contribution in [0.3, 0.4) is 0 Å². The second kappa shape index (κ2) is 14.1. The molecule has 3 aliphatic carbocycles. The Morgan fingerprint density at radius 2 is 0.838 bits per heavy atom. The van der Waals surface area contributed by atoms with E-state index in [-0.39, 0.29) is 16.2 Å². The molecule has 0 saturated carbocycles. The number of fused-ring (bicyclic) bond motifs is 20. The predicted molar refractivity (Wildman–Crippen MR) is 306 cm³/mol. The van der Waals surface area contributed by atoms with Crippen molar-refractivity contribution in [2.45, 2.75) is 64.7 Å². The number of furan rings is 3. The van der Waals surface area contributed by atoms with Crippen LogP contribution in [0.4, 0.5) is 17.1 Å². The molecule has 74 heavy (non-hydrogen) atoms. The maximum atomic E-state index is 6.86. The molecule has 0 fully saturated rings. The highest BCUT2D eigenvalue weighted by molar-refractivity contribution is 6.20. The van der Waals surface area contributed by atoms with Crippen molar-refractivity contribution >= 4 is 82.9 Å². The summed E-state index contributed by atoms with van der Waals surface area (Å²) in [6.07, 6.45) is 0. The molecule has 0 spiro atoms. The Kier molecular flexibility index (Phi) is 8.01. The van der Waals surface area contributed by atoms with E-state index >= 15 is 0 Å². The molecule has 0 saturated heterocycles. The molecule has 4 heteroatoms. The summed E-state index contributed by atoms with van der Waals surface area (Å²) < 4.78 is 20.0. The molecule has 3 aliphatic rings. The Morgan fingerprint density at radius 3 is 1.54 bits per heavy atom. The Hall–Kier alpha value is -8.60. The Bertz CT molecular complexity index is 4640. The van der Waals surface area contributed by atoms with E-state index in [0.29, 0.717) is 0 Å². The van der Waals surface area contributed by atoms with Crippen molar-refractivity contribution in [3.8, 4) is 44.5 Å². The molecule has 0 bridgehead atoms. The fourth-order valence-electron chi connectivity index (χ4n) is 13.9. The van der Waals surface area contributed by atoms with Crippen LogP contribution in [-0.2, 0) is 16.2 Å². The lowest BCUT2D eigenvalue weighted by Gasteiger charge is -2.30. The van der Waals surface area contributed by atoms with Crippen molar-refractivity contribution in [2.24, 2.45) is 0 Å². The molecule has 3 heterocycles. The van der Waals surface area contributed by atoms with Crippen molar-refractivity contribution in [2.75, 3.05) is 4.90 Å². The average Bonchev–Trinajstić information content (AvgIpc) is 4.36. The van der Waals surface area contributed by atoms with Crippen molar-refractivity contribution < 1.29 is 13.3 Å². The summed E-state index contributed by atoms with van der Waals surface area (Å²) in [5.41, 5.74) is 27.2. The molecule has 10 aromatic carbocycles. The van der Waals surface area contributed by atoms with Crippen LogP contribution < -0.4 is 4.90 Å². The normalized spacial score (nSPS) is 15.3. The van der Waals surface area contributed by atoms with Gasteiger partial charge in [-0.2, -0.15) is 0 Å². The minimum atomic E-state index is -0.338. The second-order valence-electron chi connectivity index (χ2n) is 22.8. The summed E-state index contributed by atoms with van der Waals surface area (Å²) in [5, 5.41) is 6.90. The molecule has 13 aromatic rings. The van der Waals surface area contributed by atoms with E-state index < -0.39 is 0 Å². The summed E-state index contributed by atoms with van der Waals surface area (Å²) in [5.74, 6) is 0. The van der Waals surface area contributed by atoms with Gasteiger partial charge in [-0.3, -0.25) is 0 Å². The van der Waals surface area contributed by atoms with Gasteiger partial charge in [0, 0.05) is 60.1 Å². The topological polar surface area (TPSA) is 42.7 Å². The number of hydrogen-bond donors (Lipinski definition) is 0. The van der Waals surface area contributed by atoms with Gasteiger partial charge < -0.3 is 18.2 Å². The van der Waals surface area contributed by atoms with Gasteiger partial charge in [0.1, 0.15) is 33.5 Å². The minimum absolute atomic E-state index is 0.193. The van der Waals surface area contributed by atoms with Crippen LogP contribution in [-0.4, -0.2) is 0 Å². The lowest BCUT2D eigenvalue weighted by Crippen LogP contribution is -2.18. The van der Waals surface area contributed by atoms with Crippen molar-refractivity contribution in [3.63, 3.8) is 0 Å². The van der Waals surface area contributed by atoms with Gasteiger partial charge in [-0.1, -0.05) is 150 Å². The summed E-state index contributed by atoms with van der Waals surface area (Å²) in [7, 11) is 0. The third kappa shape index (κ3) is 5.32. The van der Waals surface area contributed by atoms with Gasteiger partial charge in [0.25, 0.3) is 0 Å². The van der Waals surface area contributed by atoms with Crippen molar-refractivity contribution in [1.82, 2.24) is 0 Å². The van der Waals surface area contributed by atoms with E-state index in [1.165, 1.54) is 88.5 Å². The smallest absolute Gasteiger partial charge is 0.143 e. The average molecular weight is 954 g/mol. The number of anilines is 3. The largest absolute Gasteiger partial charge is 0.456 e. The summed E-state index contributed by atoms with van der Waals surface area (Å²) >= 11 is 0. The number of nitrogens with zero attached hydrogens (tertiary/aromatic N) is 1. The third-order valence-corrected chi connectivity index (χ3v) is 17.7. The Labute approximate surface area is 429 Å². The van der Waals surface area contributed by atoms with Crippen LogP contribution in [0.15, 0.2) is 195 Å². The molecule has 0 atom stereocenters. The number of benzene rings is 10. The molecule has 0 amide bonds. The van der Waals surface area contributed by atoms with Crippen LogP contribution in [0, 0.1) is 6.92 Å². The molecular weight excluding hydrogens is 903 g/mol. The molecule has 4 nitrogen and oxygen atoms in total. The van der Waals surface area contributed by atoms with Gasteiger partial charge in [-0.05, 0) is 158 Å². The maximum absolute atomic E-state index is 6.86. The van der Waals surface area contributed by atoms with E-state index in [1.807, 2.05) is 0 Å². The number of aryl methyl sites for hydroxylation is 1. The minimum Gasteiger partial charge on any atom is -0.456 e. The van der Waals surface area contributed by atoms with E-state index in [0.717, 1.165) is 77.8 Å². The van der Waals surface area contributed by atoms with Crippen LogP contribution in [0.1, 0.15) is 80.5 Å². The highest BCUT2D eigenvalue weighted by Gasteiger charge is 2.44. The molecule has 3 aromatic heterocycles. The molecule has 0 aliphatic heterocycles. The highest BCUT2D eigenvalue weighted by Crippen LogP contribution is 2.60. The van der Waals surface area contributed by atoms with Gasteiger partial charge >= 0.3 is 0 Å². The van der Waals surface area contributed by atoms with E-state index in [4.69, 9.17) is 13.3 Å². The van der Waals surface area contributed by atoms with E-state index in [1.54, 1.807) is 0 Å². The number of hydrogen-bond acceptors (Lipinski definition) is 4. The molecule has 0 unspecified atom stereocenters. The second-order valence-corrected chi connectivity index (χ2v) is 22.8. The first-order valence-corrected chi connectivity index (χ1v) is 26.1. The molecule has 0 N–H and O–H groups in total. The molecule has 0 radical (unpaired) electrons. The summed E-state index contributed by atoms with van der Waals surface area (Å²) in [6.45, 7) is 16.5. The Balaban J connectivity index is 0.902. The van der Waals surface area contributed by atoms with Crippen molar-refractivity contribution in [3.05, 3.63) is 221 Å². The highest BCUT2D eigenvalue weighted by atomic mass is 16.3. The lowest BCUT2D eigenvalue weighted by atomic mass is 9.79. The molecular formula is C70H51NO3. The Morgan fingerprint density at radius 1 is 0.338 bits per heavy atom. The monoisotopic (exact) mass is 953 g/mol. The van der Waals surface area contributed by atoms with Gasteiger partial charge in [0.15, 0.2) is 0 Å². The number of para-hydroxylation sites is 3. The lowest BCUT2D eigenvalue weighted by molar-refractivity contribution is 0.651. The first-order chi connectivity index (χ1) is 35.9. The van der Waals surface area contributed by atoms with Crippen LogP contribution >= 0.6 is 0 Å². The van der Waals surface area contributed by atoms with Gasteiger partial charge in [0.05, 0.1) is 11.1 Å². The predicted octanol–water partition coefficient (Wildman–Crippen LogP) is 19.7. The molecule has 354 valence electrons. The summed E-state index contributed by atoms with van der Waals surface area (Å²) in [6, 6.07) is 67.2. The van der Waals surface area contributed by atoms with E-state index in [2.05, 4.69) is 235 Å². The molecule has 16 rings (SSSR count). The zero-order chi connectivity index (χ0) is 49.7. The van der Waals surface area contributed by atoms with Gasteiger partial charge in [-0.15, -0.1) is 0 Å². The van der Waals surface area contributed by atoms with Gasteiger partial charge in [-0.25, -0.2) is 0 Å². The SMILES string of the molecule is Cc1ccc(-c2cc3c(c4c2oc2ccccc24)-c2ccc(N(c4ccc5c(c4)C(C)(C)c4cc6c(cc4-5)C(C)(C)c4ccc5oc7ccccc7c5c4-6)c4cccc5oc6ccccc6c45)cc2C3(C)C)cc1. The van der Waals surface area contributed by atoms with Gasteiger partial charge in [0.2, 0.25) is 0 Å². The fourth-order valence-corrected chi connectivity index (χ4v) is 13.9. The number of rotatable bonds is 4. The van der Waals surface area contributed by atoms with Crippen molar-refractivity contribution in [1.29, 1.82) is 0 Å². The van der Waals surface area contributed by atoms with Crippen LogP contribution in [0.25, 0.3) is 110 Å². The zero-order valence-corrected chi connectivity index (χ0v) is 42.5. The van der Waals surface area contributed by atoms with Crippen LogP contribution in [0.5, 0.6) is 0 Å². The van der Waals surface area contributed by atoms with Crippen LogP contribution in [0.2, 0.25) is 0 Å². The first-order valence-electron chi connectivity index (χ1n) is 26.1. The zero-order valence-electron chi connectivity index (χ0n) is 42.5. The quantitative estimate of drug-likeness (QED) is 0.176. The fraction of sp³-hybridized carbons (Fsp3) is 0.143. The third-order valence-electron chi connectivity index (χ3n) is 17.7. The maximum Gasteiger partial charge on any atom is 0.143 e.